The lowest BCUT2D eigenvalue weighted by Crippen LogP contribution is -2.47. The molecule has 4 heterocycles. The molecule has 0 atom stereocenters. The summed E-state index contributed by atoms with van der Waals surface area (Å²) in [4.78, 5) is 34.2. The topological polar surface area (TPSA) is 87.2 Å². The maximum absolute atomic E-state index is 13.0. The first-order chi connectivity index (χ1) is 18.1. The highest BCUT2D eigenvalue weighted by molar-refractivity contribution is 5.98. The number of nitrogens with one attached hydrogen (secondary N) is 1. The van der Waals surface area contributed by atoms with Gasteiger partial charge in [-0.1, -0.05) is 18.2 Å². The predicted octanol–water partition coefficient (Wildman–Crippen LogP) is 4.10. The first-order valence-electron chi connectivity index (χ1n) is 12.8. The van der Waals surface area contributed by atoms with Gasteiger partial charge in [-0.3, -0.25) is 9.78 Å². The van der Waals surface area contributed by atoms with Crippen molar-refractivity contribution in [2.75, 3.05) is 33.2 Å². The lowest BCUT2D eigenvalue weighted by atomic mass is 10.1. The number of aromatic amines is 1. The summed E-state index contributed by atoms with van der Waals surface area (Å²) in [6, 6.07) is 13.8. The van der Waals surface area contributed by atoms with Crippen molar-refractivity contribution in [3.8, 4) is 17.1 Å². The number of hydrogen-bond donors (Lipinski definition) is 1. The van der Waals surface area contributed by atoms with Gasteiger partial charge in [-0.2, -0.15) is 0 Å². The number of H-pyrrole nitrogens is 1. The van der Waals surface area contributed by atoms with Gasteiger partial charge in [-0.25, -0.2) is 9.97 Å². The molecule has 0 spiro atoms. The highest BCUT2D eigenvalue weighted by Gasteiger charge is 2.22. The minimum atomic E-state index is 0.0600. The van der Waals surface area contributed by atoms with Gasteiger partial charge in [-0.05, 0) is 42.9 Å². The molecule has 1 aliphatic heterocycles. The Kier molecular flexibility index (Phi) is 6.40. The standard InChI is InChI=1S/C29H30N6O2/c1-34-12-14-35(15-13-34)29(36)27-18-21-16-20(6-7-24(21)32-27)17-28-31-11-9-25(33-28)26-19-23(8-10-30-26)37-22-4-2-3-5-22/h2-3,6-11,16,18-19,22,32H,4-5,12-15,17H2,1H3. The summed E-state index contributed by atoms with van der Waals surface area (Å²) < 4.78 is 6.09. The fourth-order valence-corrected chi connectivity index (χ4v) is 4.90. The van der Waals surface area contributed by atoms with Crippen molar-refractivity contribution >= 4 is 16.8 Å². The smallest absolute Gasteiger partial charge is 0.270 e. The molecule has 188 valence electrons. The average molecular weight is 495 g/mol. The van der Waals surface area contributed by atoms with Crippen molar-refractivity contribution in [1.82, 2.24) is 29.7 Å². The number of rotatable bonds is 6. The van der Waals surface area contributed by atoms with Gasteiger partial charge in [0.25, 0.3) is 5.91 Å². The number of pyridine rings is 1. The van der Waals surface area contributed by atoms with E-state index < -0.39 is 0 Å². The van der Waals surface area contributed by atoms with E-state index in [4.69, 9.17) is 9.72 Å². The van der Waals surface area contributed by atoms with Crippen LogP contribution in [0.5, 0.6) is 5.75 Å². The van der Waals surface area contributed by atoms with Crippen molar-refractivity contribution < 1.29 is 9.53 Å². The molecule has 1 aliphatic carbocycles. The molecular weight excluding hydrogens is 464 g/mol. The van der Waals surface area contributed by atoms with Gasteiger partial charge in [0.2, 0.25) is 0 Å². The van der Waals surface area contributed by atoms with Gasteiger partial charge < -0.3 is 19.5 Å². The van der Waals surface area contributed by atoms with E-state index in [1.54, 1.807) is 12.4 Å². The molecule has 1 fully saturated rings. The van der Waals surface area contributed by atoms with E-state index in [2.05, 4.69) is 51.2 Å². The number of aromatic nitrogens is 4. The van der Waals surface area contributed by atoms with Crippen molar-refractivity contribution in [2.24, 2.45) is 0 Å². The number of carbonyl (C=O) groups excluding carboxylic acids is 1. The molecule has 1 amide bonds. The largest absolute Gasteiger partial charge is 0.490 e. The zero-order valence-corrected chi connectivity index (χ0v) is 20.9. The number of fused-ring (bicyclic) bond motifs is 1. The van der Waals surface area contributed by atoms with Crippen LogP contribution in [0.1, 0.15) is 34.7 Å². The number of nitrogens with zero attached hydrogens (tertiary/aromatic N) is 5. The van der Waals surface area contributed by atoms with Crippen molar-refractivity contribution in [1.29, 1.82) is 0 Å². The second-order valence-electron chi connectivity index (χ2n) is 9.79. The molecule has 4 aromatic rings. The van der Waals surface area contributed by atoms with E-state index in [-0.39, 0.29) is 12.0 Å². The van der Waals surface area contributed by atoms with Gasteiger partial charge >= 0.3 is 0 Å². The number of likely N-dealkylation sites (N-methyl/N-ethyl adjacent to an activating group) is 1. The Morgan fingerprint density at radius 2 is 1.78 bits per heavy atom. The van der Waals surface area contributed by atoms with Crippen LogP contribution in [0.4, 0.5) is 0 Å². The number of benzene rings is 1. The van der Waals surface area contributed by atoms with E-state index in [9.17, 15) is 4.79 Å². The van der Waals surface area contributed by atoms with Gasteiger partial charge in [0.15, 0.2) is 0 Å². The minimum Gasteiger partial charge on any atom is -0.490 e. The summed E-state index contributed by atoms with van der Waals surface area (Å²) in [7, 11) is 2.09. The number of amides is 1. The van der Waals surface area contributed by atoms with Crippen LogP contribution in [-0.4, -0.2) is 75.0 Å². The summed E-state index contributed by atoms with van der Waals surface area (Å²) in [5.41, 5.74) is 4.20. The molecule has 3 aromatic heterocycles. The zero-order valence-electron chi connectivity index (χ0n) is 20.9. The SMILES string of the molecule is CN1CCN(C(=O)c2cc3cc(Cc4nccc(-c5cc(OC6CC=CC6)ccn5)n4)ccc3[nH]2)CC1. The number of ether oxygens (including phenoxy) is 1. The van der Waals surface area contributed by atoms with Crippen molar-refractivity contribution in [3.63, 3.8) is 0 Å². The molecule has 0 bridgehead atoms. The molecule has 1 N–H and O–H groups in total. The molecule has 8 heteroatoms. The van der Waals surface area contributed by atoms with Gasteiger partial charge in [0, 0.05) is 74.8 Å². The third-order valence-electron chi connectivity index (χ3n) is 7.03. The van der Waals surface area contributed by atoms with E-state index in [1.165, 1.54) is 0 Å². The van der Waals surface area contributed by atoms with Crippen LogP contribution < -0.4 is 4.74 Å². The second kappa shape index (κ2) is 10.1. The first-order valence-corrected chi connectivity index (χ1v) is 12.8. The highest BCUT2D eigenvalue weighted by Crippen LogP contribution is 2.24. The van der Waals surface area contributed by atoms with Crippen LogP contribution >= 0.6 is 0 Å². The molecule has 0 saturated carbocycles. The molecule has 1 aromatic carbocycles. The van der Waals surface area contributed by atoms with Crippen LogP contribution in [0.3, 0.4) is 0 Å². The minimum absolute atomic E-state index is 0.0600. The molecule has 2 aliphatic rings. The van der Waals surface area contributed by atoms with Crippen LogP contribution in [0.2, 0.25) is 0 Å². The van der Waals surface area contributed by atoms with E-state index in [0.29, 0.717) is 17.9 Å². The third kappa shape index (κ3) is 5.24. The normalized spacial score (nSPS) is 16.5. The summed E-state index contributed by atoms with van der Waals surface area (Å²) in [5.74, 6) is 1.58. The Bertz CT molecular complexity index is 1450. The van der Waals surface area contributed by atoms with Gasteiger partial charge in [0.1, 0.15) is 23.4 Å². The van der Waals surface area contributed by atoms with Crippen LogP contribution in [0, 0.1) is 0 Å². The van der Waals surface area contributed by atoms with Gasteiger partial charge in [-0.15, -0.1) is 0 Å². The quantitative estimate of drug-likeness (QED) is 0.406. The van der Waals surface area contributed by atoms with E-state index in [1.807, 2.05) is 35.2 Å². The zero-order chi connectivity index (χ0) is 25.2. The predicted molar refractivity (Wildman–Crippen MR) is 143 cm³/mol. The Labute approximate surface area is 216 Å². The Morgan fingerprint density at radius 1 is 0.973 bits per heavy atom. The van der Waals surface area contributed by atoms with E-state index >= 15 is 0 Å². The second-order valence-corrected chi connectivity index (χ2v) is 9.79. The summed E-state index contributed by atoms with van der Waals surface area (Å²) in [5, 5.41) is 1.01. The average Bonchev–Trinajstić information content (AvgIpc) is 3.59. The Hall–Kier alpha value is -4.04. The molecule has 6 rings (SSSR count). The highest BCUT2D eigenvalue weighted by atomic mass is 16.5. The summed E-state index contributed by atoms with van der Waals surface area (Å²) in [6.45, 7) is 3.32. The van der Waals surface area contributed by atoms with Gasteiger partial charge in [0.05, 0.1) is 11.4 Å². The van der Waals surface area contributed by atoms with Crippen molar-refractivity contribution in [2.45, 2.75) is 25.4 Å². The Balaban J connectivity index is 1.17. The van der Waals surface area contributed by atoms with Crippen molar-refractivity contribution in [3.05, 3.63) is 84.1 Å². The third-order valence-corrected chi connectivity index (χ3v) is 7.03. The fourth-order valence-electron chi connectivity index (χ4n) is 4.90. The maximum Gasteiger partial charge on any atom is 0.270 e. The lowest BCUT2D eigenvalue weighted by molar-refractivity contribution is 0.0659. The molecule has 1 saturated heterocycles. The summed E-state index contributed by atoms with van der Waals surface area (Å²) >= 11 is 0. The molecule has 8 nitrogen and oxygen atoms in total. The molecule has 37 heavy (non-hydrogen) atoms. The summed E-state index contributed by atoms with van der Waals surface area (Å²) in [6.07, 6.45) is 10.5. The lowest BCUT2D eigenvalue weighted by Gasteiger charge is -2.32. The Morgan fingerprint density at radius 3 is 2.62 bits per heavy atom. The van der Waals surface area contributed by atoms with E-state index in [0.717, 1.165) is 72.6 Å². The maximum atomic E-state index is 13.0. The molecular formula is C29H30N6O2. The number of carbonyl (C=O) groups is 1. The molecule has 0 radical (unpaired) electrons. The van der Waals surface area contributed by atoms with Crippen LogP contribution in [0.15, 0.2) is 67.0 Å². The first kappa shape index (κ1) is 23.4. The number of hydrogen-bond acceptors (Lipinski definition) is 6. The number of piperazine rings is 1. The fraction of sp³-hybridized carbons (Fsp3) is 0.310. The van der Waals surface area contributed by atoms with Crippen LogP contribution in [0.25, 0.3) is 22.3 Å². The van der Waals surface area contributed by atoms with Crippen LogP contribution in [-0.2, 0) is 6.42 Å². The monoisotopic (exact) mass is 494 g/mol. The molecule has 0 unspecified atom stereocenters.